The van der Waals surface area contributed by atoms with Gasteiger partial charge in [0.05, 0.1) is 4.90 Å². The van der Waals surface area contributed by atoms with Crippen LogP contribution in [-0.4, -0.2) is 38.5 Å². The molecule has 1 aliphatic heterocycles. The number of aryl methyl sites for hydroxylation is 3. The van der Waals surface area contributed by atoms with Crippen LogP contribution >= 0.6 is 0 Å². The molecular weight excluding hydrogens is 344 g/mol. The molecule has 1 aromatic carbocycles. The highest BCUT2D eigenvalue weighted by atomic mass is 32.2. The van der Waals surface area contributed by atoms with Crippen molar-refractivity contribution in [3.05, 3.63) is 28.8 Å². The van der Waals surface area contributed by atoms with Crippen molar-refractivity contribution in [2.45, 2.75) is 83.2 Å². The Kier molecular flexibility index (Phi) is 6.10. The number of nitrogens with one attached hydrogen (secondary N) is 1. The molecule has 146 valence electrons. The van der Waals surface area contributed by atoms with Gasteiger partial charge in [-0.05, 0) is 89.4 Å². The van der Waals surface area contributed by atoms with Gasteiger partial charge in [0.1, 0.15) is 0 Å². The van der Waals surface area contributed by atoms with Crippen LogP contribution in [-0.2, 0) is 10.0 Å². The summed E-state index contributed by atoms with van der Waals surface area (Å²) in [6.07, 6.45) is 6.71. The second-order valence-electron chi connectivity index (χ2n) is 8.57. The molecule has 2 aliphatic rings. The van der Waals surface area contributed by atoms with Gasteiger partial charge in [-0.25, -0.2) is 13.1 Å². The molecule has 0 amide bonds. The third-order valence-electron chi connectivity index (χ3n) is 6.23. The predicted molar refractivity (Wildman–Crippen MR) is 107 cm³/mol. The Bertz CT molecular complexity index is 705. The summed E-state index contributed by atoms with van der Waals surface area (Å²) in [7, 11) is -3.45. The minimum Gasteiger partial charge on any atom is -0.300 e. The van der Waals surface area contributed by atoms with E-state index >= 15 is 0 Å². The summed E-state index contributed by atoms with van der Waals surface area (Å²) in [6.45, 7) is 10.6. The summed E-state index contributed by atoms with van der Waals surface area (Å²) >= 11 is 0. The molecule has 0 unspecified atom stereocenters. The standard InChI is InChI=1S/C21H34N2O2S/c1-15-9-11-23(12-10-15)20-7-5-19(6-8-20)22-26(24,25)21-17(3)13-16(2)14-18(21)4/h13-15,19-20,22H,5-12H2,1-4H3. The lowest BCUT2D eigenvalue weighted by Gasteiger charge is -2.40. The lowest BCUT2D eigenvalue weighted by molar-refractivity contribution is 0.105. The lowest BCUT2D eigenvalue weighted by atomic mass is 9.88. The van der Waals surface area contributed by atoms with Crippen molar-refractivity contribution in [3.8, 4) is 0 Å². The Morgan fingerprint density at radius 3 is 2.00 bits per heavy atom. The molecule has 1 saturated heterocycles. The first-order valence-electron chi connectivity index (χ1n) is 10.1. The first kappa shape index (κ1) is 19.8. The number of rotatable bonds is 4. The van der Waals surface area contributed by atoms with Crippen LogP contribution in [0.2, 0.25) is 0 Å². The number of hydrogen-bond donors (Lipinski definition) is 1. The predicted octanol–water partition coefficient (Wildman–Crippen LogP) is 3.93. The fourth-order valence-corrected chi connectivity index (χ4v) is 6.58. The molecule has 2 fully saturated rings. The first-order chi connectivity index (χ1) is 12.3. The molecule has 1 aliphatic carbocycles. The number of sulfonamides is 1. The van der Waals surface area contributed by atoms with Crippen LogP contribution in [0.1, 0.15) is 62.1 Å². The van der Waals surface area contributed by atoms with E-state index in [4.69, 9.17) is 0 Å². The summed E-state index contributed by atoms with van der Waals surface area (Å²) in [5, 5.41) is 0. The van der Waals surface area contributed by atoms with Gasteiger partial charge in [-0.3, -0.25) is 0 Å². The van der Waals surface area contributed by atoms with Crippen LogP contribution < -0.4 is 4.72 Å². The molecule has 1 saturated carbocycles. The average Bonchev–Trinajstić information content (AvgIpc) is 2.54. The third kappa shape index (κ3) is 4.49. The lowest BCUT2D eigenvalue weighted by Crippen LogP contribution is -2.46. The van der Waals surface area contributed by atoms with Crippen molar-refractivity contribution in [3.63, 3.8) is 0 Å². The Hall–Kier alpha value is -0.910. The van der Waals surface area contributed by atoms with Crippen LogP contribution in [0.5, 0.6) is 0 Å². The first-order valence-corrected chi connectivity index (χ1v) is 11.6. The second-order valence-corrected chi connectivity index (χ2v) is 10.2. The molecule has 1 heterocycles. The van der Waals surface area contributed by atoms with E-state index in [2.05, 4.69) is 16.5 Å². The molecular formula is C21H34N2O2S. The maximum absolute atomic E-state index is 13.0. The van der Waals surface area contributed by atoms with Crippen LogP contribution in [0.15, 0.2) is 17.0 Å². The number of likely N-dealkylation sites (tertiary alicyclic amines) is 1. The minimum atomic E-state index is -3.45. The molecule has 0 radical (unpaired) electrons. The van der Waals surface area contributed by atoms with E-state index in [0.717, 1.165) is 48.3 Å². The topological polar surface area (TPSA) is 49.4 Å². The zero-order chi connectivity index (χ0) is 18.9. The Labute approximate surface area is 159 Å². The summed E-state index contributed by atoms with van der Waals surface area (Å²) in [4.78, 5) is 3.11. The summed E-state index contributed by atoms with van der Waals surface area (Å²) in [5.74, 6) is 0.857. The van der Waals surface area contributed by atoms with Gasteiger partial charge in [-0.2, -0.15) is 0 Å². The van der Waals surface area contributed by atoms with Gasteiger partial charge in [0.15, 0.2) is 0 Å². The molecule has 0 aromatic heterocycles. The summed E-state index contributed by atoms with van der Waals surface area (Å²) in [5.41, 5.74) is 2.78. The fourth-order valence-electron chi connectivity index (χ4n) is 4.82. The van der Waals surface area contributed by atoms with Gasteiger partial charge in [-0.15, -0.1) is 0 Å². The van der Waals surface area contributed by atoms with Crippen molar-refractivity contribution in [1.82, 2.24) is 9.62 Å². The van der Waals surface area contributed by atoms with E-state index in [1.54, 1.807) is 0 Å². The summed E-state index contributed by atoms with van der Waals surface area (Å²) in [6, 6.07) is 4.62. The van der Waals surface area contributed by atoms with Crippen molar-refractivity contribution in [2.24, 2.45) is 5.92 Å². The van der Waals surface area contributed by atoms with E-state index in [0.29, 0.717) is 10.9 Å². The van der Waals surface area contributed by atoms with Crippen LogP contribution in [0.3, 0.4) is 0 Å². The van der Waals surface area contributed by atoms with E-state index in [9.17, 15) is 8.42 Å². The van der Waals surface area contributed by atoms with E-state index in [1.165, 1.54) is 25.9 Å². The van der Waals surface area contributed by atoms with Crippen molar-refractivity contribution < 1.29 is 8.42 Å². The van der Waals surface area contributed by atoms with Gasteiger partial charge in [0.2, 0.25) is 10.0 Å². The Morgan fingerprint density at radius 1 is 0.923 bits per heavy atom. The SMILES string of the molecule is Cc1cc(C)c(S(=O)(=O)NC2CCC(N3CCC(C)CC3)CC2)c(C)c1. The molecule has 5 heteroatoms. The zero-order valence-corrected chi connectivity index (χ0v) is 17.5. The zero-order valence-electron chi connectivity index (χ0n) is 16.7. The maximum atomic E-state index is 13.0. The van der Waals surface area contributed by atoms with Crippen molar-refractivity contribution >= 4 is 10.0 Å². The fraction of sp³-hybridized carbons (Fsp3) is 0.714. The average molecular weight is 379 g/mol. The Balaban J connectivity index is 1.60. The van der Waals surface area contributed by atoms with Gasteiger partial charge in [-0.1, -0.05) is 24.6 Å². The van der Waals surface area contributed by atoms with Crippen LogP contribution in [0.4, 0.5) is 0 Å². The molecule has 0 spiro atoms. The third-order valence-corrected chi connectivity index (χ3v) is 8.05. The van der Waals surface area contributed by atoms with Crippen LogP contribution in [0.25, 0.3) is 0 Å². The number of piperidine rings is 1. The maximum Gasteiger partial charge on any atom is 0.241 e. The monoisotopic (exact) mass is 378 g/mol. The van der Waals surface area contributed by atoms with E-state index in [-0.39, 0.29) is 6.04 Å². The van der Waals surface area contributed by atoms with E-state index < -0.39 is 10.0 Å². The summed E-state index contributed by atoms with van der Waals surface area (Å²) < 4.78 is 28.9. The van der Waals surface area contributed by atoms with Crippen molar-refractivity contribution in [2.75, 3.05) is 13.1 Å². The molecule has 1 aromatic rings. The smallest absolute Gasteiger partial charge is 0.241 e. The highest BCUT2D eigenvalue weighted by molar-refractivity contribution is 7.89. The highest BCUT2D eigenvalue weighted by Crippen LogP contribution is 2.29. The molecule has 3 rings (SSSR count). The van der Waals surface area contributed by atoms with Crippen LogP contribution in [0, 0.1) is 26.7 Å². The normalized spacial score (nSPS) is 26.2. The highest BCUT2D eigenvalue weighted by Gasteiger charge is 2.31. The molecule has 0 atom stereocenters. The van der Waals surface area contributed by atoms with E-state index in [1.807, 2.05) is 32.9 Å². The van der Waals surface area contributed by atoms with Crippen molar-refractivity contribution in [1.29, 1.82) is 0 Å². The number of hydrogen-bond acceptors (Lipinski definition) is 3. The molecule has 26 heavy (non-hydrogen) atoms. The Morgan fingerprint density at radius 2 is 1.46 bits per heavy atom. The quantitative estimate of drug-likeness (QED) is 0.863. The molecule has 1 N–H and O–H groups in total. The molecule has 0 bridgehead atoms. The molecule has 4 nitrogen and oxygen atoms in total. The number of nitrogens with zero attached hydrogens (tertiary/aromatic N) is 1. The van der Waals surface area contributed by atoms with Gasteiger partial charge in [0.25, 0.3) is 0 Å². The second kappa shape index (κ2) is 7.99. The number of benzene rings is 1. The van der Waals surface area contributed by atoms with Gasteiger partial charge < -0.3 is 4.90 Å². The largest absolute Gasteiger partial charge is 0.300 e. The van der Waals surface area contributed by atoms with Gasteiger partial charge >= 0.3 is 0 Å². The van der Waals surface area contributed by atoms with Gasteiger partial charge in [0, 0.05) is 12.1 Å². The minimum absolute atomic E-state index is 0.0695.